The number of hydrogen-bond donors (Lipinski definition) is 1. The first-order valence-electron chi connectivity index (χ1n) is 4.14. The molecule has 2 aromatic rings. The maximum Gasteiger partial charge on any atom is 0.134 e. The Hall–Kier alpha value is -1.71. The molecule has 0 aliphatic heterocycles. The molecule has 0 spiro atoms. The third-order valence-corrected chi connectivity index (χ3v) is 2.05. The molecule has 0 atom stereocenters. The summed E-state index contributed by atoms with van der Waals surface area (Å²) in [4.78, 5) is 0. The van der Waals surface area contributed by atoms with E-state index in [-0.39, 0.29) is 0 Å². The van der Waals surface area contributed by atoms with Crippen molar-refractivity contribution in [3.8, 4) is 11.1 Å². The van der Waals surface area contributed by atoms with Crippen LogP contribution >= 0.6 is 0 Å². The summed E-state index contributed by atoms with van der Waals surface area (Å²) in [6.45, 7) is 1.78. The molecule has 0 unspecified atom stereocenters. The molecule has 1 N–H and O–H groups in total. The largest absolute Gasteiger partial charge is 0.282 e. The van der Waals surface area contributed by atoms with Gasteiger partial charge in [-0.2, -0.15) is 5.10 Å². The van der Waals surface area contributed by atoms with Gasteiger partial charge in [-0.15, -0.1) is 0 Å². The van der Waals surface area contributed by atoms with Gasteiger partial charge in [-0.25, -0.2) is 8.78 Å². The average Bonchev–Trinajstić information content (AvgIpc) is 2.52. The van der Waals surface area contributed by atoms with Crippen molar-refractivity contribution in [3.63, 3.8) is 0 Å². The van der Waals surface area contributed by atoms with Gasteiger partial charge >= 0.3 is 0 Å². The molecular formula is C10H8F2N2. The van der Waals surface area contributed by atoms with Crippen LogP contribution in [0.2, 0.25) is 0 Å². The lowest BCUT2D eigenvalue weighted by atomic mass is 10.1. The van der Waals surface area contributed by atoms with E-state index in [2.05, 4.69) is 10.2 Å². The molecular weight excluding hydrogens is 186 g/mol. The summed E-state index contributed by atoms with van der Waals surface area (Å²) < 4.78 is 25.9. The Morgan fingerprint density at radius 3 is 2.57 bits per heavy atom. The van der Waals surface area contributed by atoms with Crippen LogP contribution in [0.15, 0.2) is 24.4 Å². The summed E-state index contributed by atoms with van der Waals surface area (Å²) in [6, 6.07) is 3.50. The van der Waals surface area contributed by atoms with Crippen LogP contribution in [0.1, 0.15) is 5.69 Å². The van der Waals surface area contributed by atoms with Crippen LogP contribution in [0.25, 0.3) is 11.1 Å². The second-order valence-electron chi connectivity index (χ2n) is 3.03. The maximum atomic E-state index is 13.3. The predicted molar refractivity (Wildman–Crippen MR) is 48.7 cm³/mol. The summed E-state index contributed by atoms with van der Waals surface area (Å²) in [6.07, 6.45) is 1.52. The standard InChI is InChI=1S/C10H8F2N2/c1-6-9(5-13-14-6)8-3-2-7(11)4-10(8)12/h2-5H,1H3,(H,13,14). The average molecular weight is 194 g/mol. The van der Waals surface area contributed by atoms with Crippen molar-refractivity contribution in [2.24, 2.45) is 0 Å². The topological polar surface area (TPSA) is 28.7 Å². The zero-order valence-electron chi connectivity index (χ0n) is 7.51. The van der Waals surface area contributed by atoms with E-state index in [4.69, 9.17) is 0 Å². The van der Waals surface area contributed by atoms with Gasteiger partial charge in [-0.1, -0.05) is 0 Å². The number of benzene rings is 1. The van der Waals surface area contributed by atoms with Crippen molar-refractivity contribution < 1.29 is 8.78 Å². The van der Waals surface area contributed by atoms with Crippen LogP contribution < -0.4 is 0 Å². The molecule has 4 heteroatoms. The molecule has 72 valence electrons. The Morgan fingerprint density at radius 2 is 2.00 bits per heavy atom. The Bertz CT molecular complexity index is 463. The number of aromatic amines is 1. The van der Waals surface area contributed by atoms with Gasteiger partial charge in [-0.3, -0.25) is 5.10 Å². The smallest absolute Gasteiger partial charge is 0.134 e. The first kappa shape index (κ1) is 8.87. The van der Waals surface area contributed by atoms with Gasteiger partial charge in [0.15, 0.2) is 0 Å². The van der Waals surface area contributed by atoms with Crippen molar-refractivity contribution in [3.05, 3.63) is 41.7 Å². The molecule has 0 aliphatic carbocycles. The lowest BCUT2D eigenvalue weighted by Gasteiger charge is -2.00. The highest BCUT2D eigenvalue weighted by atomic mass is 19.1. The number of halogens is 2. The number of aromatic nitrogens is 2. The van der Waals surface area contributed by atoms with Gasteiger partial charge in [0, 0.05) is 22.9 Å². The van der Waals surface area contributed by atoms with Crippen LogP contribution in [-0.2, 0) is 0 Å². The van der Waals surface area contributed by atoms with Crippen LogP contribution in [0, 0.1) is 18.6 Å². The normalized spacial score (nSPS) is 10.5. The Morgan fingerprint density at radius 1 is 1.21 bits per heavy atom. The van der Waals surface area contributed by atoms with E-state index in [1.54, 1.807) is 6.92 Å². The highest BCUT2D eigenvalue weighted by Gasteiger charge is 2.09. The lowest BCUT2D eigenvalue weighted by molar-refractivity contribution is 0.585. The molecule has 2 nitrogen and oxygen atoms in total. The summed E-state index contributed by atoms with van der Waals surface area (Å²) in [7, 11) is 0. The number of nitrogens with one attached hydrogen (secondary N) is 1. The van der Waals surface area contributed by atoms with Gasteiger partial charge in [0.25, 0.3) is 0 Å². The molecule has 1 aromatic carbocycles. The Balaban J connectivity index is 2.58. The minimum Gasteiger partial charge on any atom is -0.282 e. The monoisotopic (exact) mass is 194 g/mol. The summed E-state index contributed by atoms with van der Waals surface area (Å²) in [5, 5.41) is 6.47. The van der Waals surface area contributed by atoms with Crippen LogP contribution in [0.4, 0.5) is 8.78 Å². The van der Waals surface area contributed by atoms with Gasteiger partial charge in [0.1, 0.15) is 11.6 Å². The molecule has 0 saturated heterocycles. The third kappa shape index (κ3) is 1.39. The fourth-order valence-electron chi connectivity index (χ4n) is 1.33. The first-order valence-corrected chi connectivity index (χ1v) is 4.14. The van der Waals surface area contributed by atoms with E-state index in [1.165, 1.54) is 18.3 Å². The van der Waals surface area contributed by atoms with Crippen LogP contribution in [-0.4, -0.2) is 10.2 Å². The number of H-pyrrole nitrogens is 1. The summed E-state index contributed by atoms with van der Waals surface area (Å²) in [5.74, 6) is -1.15. The van der Waals surface area contributed by atoms with E-state index >= 15 is 0 Å². The SMILES string of the molecule is Cc1[nH]ncc1-c1ccc(F)cc1F. The minimum absolute atomic E-state index is 0.359. The molecule has 1 aromatic heterocycles. The van der Waals surface area contributed by atoms with Gasteiger partial charge < -0.3 is 0 Å². The fourth-order valence-corrected chi connectivity index (χ4v) is 1.33. The van der Waals surface area contributed by atoms with Crippen molar-refractivity contribution in [2.75, 3.05) is 0 Å². The lowest BCUT2D eigenvalue weighted by Crippen LogP contribution is -1.86. The molecule has 1 heterocycles. The zero-order valence-corrected chi connectivity index (χ0v) is 7.51. The van der Waals surface area contributed by atoms with E-state index < -0.39 is 11.6 Å². The van der Waals surface area contributed by atoms with Crippen LogP contribution in [0.5, 0.6) is 0 Å². The number of rotatable bonds is 1. The summed E-state index contributed by atoms with van der Waals surface area (Å²) in [5.41, 5.74) is 1.77. The van der Waals surface area contributed by atoms with Gasteiger partial charge in [0.05, 0.1) is 6.20 Å². The fraction of sp³-hybridized carbons (Fsp3) is 0.100. The first-order chi connectivity index (χ1) is 6.68. The number of aryl methyl sites for hydroxylation is 1. The quantitative estimate of drug-likeness (QED) is 0.742. The molecule has 0 saturated carbocycles. The molecule has 0 radical (unpaired) electrons. The third-order valence-electron chi connectivity index (χ3n) is 2.05. The number of nitrogens with zero attached hydrogens (tertiary/aromatic N) is 1. The highest BCUT2D eigenvalue weighted by molar-refractivity contribution is 5.65. The van der Waals surface area contributed by atoms with E-state index in [0.717, 1.165) is 11.8 Å². The Labute approximate surface area is 79.6 Å². The Kier molecular flexibility index (Phi) is 2.04. The zero-order chi connectivity index (χ0) is 10.1. The maximum absolute atomic E-state index is 13.3. The van der Waals surface area contributed by atoms with Crippen molar-refractivity contribution >= 4 is 0 Å². The molecule has 14 heavy (non-hydrogen) atoms. The van der Waals surface area contributed by atoms with Crippen molar-refractivity contribution in [1.29, 1.82) is 0 Å². The highest BCUT2D eigenvalue weighted by Crippen LogP contribution is 2.24. The molecule has 2 rings (SSSR count). The molecule has 0 bridgehead atoms. The minimum atomic E-state index is -0.576. The van der Waals surface area contributed by atoms with Gasteiger partial charge in [0.2, 0.25) is 0 Å². The molecule has 0 fully saturated rings. The second-order valence-corrected chi connectivity index (χ2v) is 3.03. The number of hydrogen-bond acceptors (Lipinski definition) is 1. The summed E-state index contributed by atoms with van der Waals surface area (Å²) >= 11 is 0. The second kappa shape index (κ2) is 3.21. The van der Waals surface area contributed by atoms with E-state index in [1.807, 2.05) is 0 Å². The molecule has 0 aliphatic rings. The van der Waals surface area contributed by atoms with Crippen molar-refractivity contribution in [2.45, 2.75) is 6.92 Å². The van der Waals surface area contributed by atoms with Gasteiger partial charge in [-0.05, 0) is 19.1 Å². The predicted octanol–water partition coefficient (Wildman–Crippen LogP) is 2.66. The van der Waals surface area contributed by atoms with Crippen molar-refractivity contribution in [1.82, 2.24) is 10.2 Å². The van der Waals surface area contributed by atoms with Crippen LogP contribution in [0.3, 0.4) is 0 Å². The van der Waals surface area contributed by atoms with E-state index in [0.29, 0.717) is 11.1 Å². The molecule has 0 amide bonds. The van der Waals surface area contributed by atoms with E-state index in [9.17, 15) is 8.78 Å².